The smallest absolute Gasteiger partial charge is 0.419 e. The number of nitrogens with one attached hydrogen (secondary N) is 1. The van der Waals surface area contributed by atoms with Gasteiger partial charge in [-0.05, 0) is 43.4 Å². The maximum atomic E-state index is 13.6. The van der Waals surface area contributed by atoms with Crippen LogP contribution in [0.25, 0.3) is 0 Å². The van der Waals surface area contributed by atoms with Gasteiger partial charge in [0.15, 0.2) is 0 Å². The van der Waals surface area contributed by atoms with Gasteiger partial charge >= 0.3 is 12.1 Å². The molecule has 0 spiro atoms. The minimum atomic E-state index is -4.59. The fraction of sp³-hybridized carbons (Fsp3) is 0.652. The van der Waals surface area contributed by atoms with Gasteiger partial charge in [-0.25, -0.2) is 0 Å². The van der Waals surface area contributed by atoms with Gasteiger partial charge in [0.2, 0.25) is 5.91 Å². The molecule has 0 fully saturated rings. The first kappa shape index (κ1) is 27.7. The van der Waals surface area contributed by atoms with Crippen LogP contribution in [0.2, 0.25) is 0 Å². The molecule has 1 atom stereocenters. The van der Waals surface area contributed by atoms with E-state index >= 15 is 0 Å². The van der Waals surface area contributed by atoms with Crippen molar-refractivity contribution in [3.8, 4) is 5.75 Å². The Morgan fingerprint density at radius 3 is 2.34 bits per heavy atom. The molecule has 0 radical (unpaired) electrons. The second-order valence-electron chi connectivity index (χ2n) is 8.10. The molecule has 3 N–H and O–H groups in total. The van der Waals surface area contributed by atoms with Crippen molar-refractivity contribution in [3.63, 3.8) is 0 Å². The highest BCUT2D eigenvalue weighted by Crippen LogP contribution is 2.37. The number of carbonyl (C=O) groups is 2. The predicted molar refractivity (Wildman–Crippen MR) is 115 cm³/mol. The van der Waals surface area contributed by atoms with Crippen molar-refractivity contribution < 1.29 is 37.7 Å². The molecule has 0 saturated heterocycles. The average Bonchev–Trinajstić information content (AvgIpc) is 2.72. The highest BCUT2D eigenvalue weighted by molar-refractivity contribution is 5.74. The van der Waals surface area contributed by atoms with Gasteiger partial charge in [0.05, 0.1) is 24.3 Å². The topological polar surface area (TPSA) is 95.9 Å². The highest BCUT2D eigenvalue weighted by Gasteiger charge is 2.35. The van der Waals surface area contributed by atoms with E-state index in [9.17, 15) is 27.9 Å². The van der Waals surface area contributed by atoms with Gasteiger partial charge in [0.25, 0.3) is 0 Å². The van der Waals surface area contributed by atoms with Gasteiger partial charge in [-0.3, -0.25) is 9.59 Å². The average molecular weight is 462 g/mol. The van der Waals surface area contributed by atoms with E-state index in [0.29, 0.717) is 12.0 Å². The molecule has 6 nitrogen and oxygen atoms in total. The Bertz CT molecular complexity index is 739. The number of carbonyl (C=O) groups excluding carboxylic acids is 1. The Labute approximate surface area is 187 Å². The molecule has 1 aromatic carbocycles. The summed E-state index contributed by atoms with van der Waals surface area (Å²) in [5.74, 6) is -1.77. The number of rotatable bonds is 15. The fourth-order valence-electron chi connectivity index (χ4n) is 3.52. The quantitative estimate of drug-likeness (QED) is 0.329. The lowest BCUT2D eigenvalue weighted by molar-refractivity contribution is -0.139. The van der Waals surface area contributed by atoms with Crippen LogP contribution < -0.4 is 10.1 Å². The minimum Gasteiger partial charge on any atom is -0.493 e. The van der Waals surface area contributed by atoms with Crippen molar-refractivity contribution in [2.45, 2.75) is 83.4 Å². The lowest BCUT2D eigenvalue weighted by Gasteiger charge is -2.32. The number of carboxylic acids is 1. The molecule has 0 heterocycles. The number of benzene rings is 1. The standard InChI is InChI=1S/C23H34F3NO5/c1-3-4-5-6-7-14-32-20-9-8-18(15-19(20)23(24,25)26)10-12-22(16-28,27-17(2)29)13-11-21(30)31/h8-9,15,28H,3-7,10-14,16H2,1-2H3,(H,27,29)(H,30,31). The largest absolute Gasteiger partial charge is 0.493 e. The van der Waals surface area contributed by atoms with Crippen LogP contribution in [-0.2, 0) is 22.2 Å². The molecule has 32 heavy (non-hydrogen) atoms. The second-order valence-corrected chi connectivity index (χ2v) is 8.10. The summed E-state index contributed by atoms with van der Waals surface area (Å²) in [7, 11) is 0. The van der Waals surface area contributed by atoms with Crippen LogP contribution in [-0.4, -0.2) is 40.8 Å². The third kappa shape index (κ3) is 9.89. The molecule has 0 aliphatic rings. The first-order valence-corrected chi connectivity index (χ1v) is 11.0. The maximum Gasteiger partial charge on any atom is 0.419 e. The molecule has 0 aromatic heterocycles. The number of halogens is 3. The van der Waals surface area contributed by atoms with E-state index in [0.717, 1.165) is 31.7 Å². The summed E-state index contributed by atoms with van der Waals surface area (Å²) in [5, 5.41) is 21.3. The van der Waals surface area contributed by atoms with E-state index in [1.54, 1.807) is 0 Å². The van der Waals surface area contributed by atoms with Crippen LogP contribution in [0.5, 0.6) is 5.75 Å². The molecular formula is C23H34F3NO5. The van der Waals surface area contributed by atoms with Gasteiger partial charge in [0.1, 0.15) is 5.75 Å². The number of hydrogen-bond donors (Lipinski definition) is 3. The number of hydrogen-bond acceptors (Lipinski definition) is 4. The summed E-state index contributed by atoms with van der Waals surface area (Å²) in [5.41, 5.74) is -1.75. The van der Waals surface area contributed by atoms with E-state index in [1.165, 1.54) is 19.1 Å². The molecule has 1 unspecified atom stereocenters. The zero-order valence-corrected chi connectivity index (χ0v) is 18.8. The fourth-order valence-corrected chi connectivity index (χ4v) is 3.52. The van der Waals surface area contributed by atoms with E-state index in [4.69, 9.17) is 9.84 Å². The number of ether oxygens (including phenoxy) is 1. The molecule has 0 aliphatic heterocycles. The summed E-state index contributed by atoms with van der Waals surface area (Å²) < 4.78 is 46.2. The zero-order valence-electron chi connectivity index (χ0n) is 18.8. The number of unbranched alkanes of at least 4 members (excludes halogenated alkanes) is 4. The van der Waals surface area contributed by atoms with E-state index < -0.39 is 35.8 Å². The van der Waals surface area contributed by atoms with Gasteiger partial charge in [0, 0.05) is 13.3 Å². The Morgan fingerprint density at radius 1 is 1.09 bits per heavy atom. The second kappa shape index (κ2) is 13.3. The minimum absolute atomic E-state index is 0.0379. The Kier molecular flexibility index (Phi) is 11.5. The van der Waals surface area contributed by atoms with Crippen LogP contribution in [0, 0.1) is 0 Å². The number of aliphatic hydroxyl groups is 1. The van der Waals surface area contributed by atoms with Crippen molar-refractivity contribution in [3.05, 3.63) is 29.3 Å². The number of aliphatic carboxylic acids is 1. The molecule has 0 saturated carbocycles. The third-order valence-electron chi connectivity index (χ3n) is 5.31. The van der Waals surface area contributed by atoms with Crippen molar-refractivity contribution in [2.75, 3.05) is 13.2 Å². The molecule has 182 valence electrons. The Balaban J connectivity index is 2.92. The molecule has 1 rings (SSSR count). The van der Waals surface area contributed by atoms with E-state index in [2.05, 4.69) is 12.2 Å². The Morgan fingerprint density at radius 2 is 1.78 bits per heavy atom. The first-order chi connectivity index (χ1) is 15.0. The van der Waals surface area contributed by atoms with Crippen molar-refractivity contribution >= 4 is 11.9 Å². The maximum absolute atomic E-state index is 13.6. The van der Waals surface area contributed by atoms with Crippen molar-refractivity contribution in [1.29, 1.82) is 0 Å². The summed E-state index contributed by atoms with van der Waals surface area (Å²) in [6.45, 7) is 3.00. The molecule has 0 bridgehead atoms. The van der Waals surface area contributed by atoms with Crippen molar-refractivity contribution in [2.24, 2.45) is 0 Å². The van der Waals surface area contributed by atoms with Gasteiger partial charge in [-0.1, -0.05) is 38.7 Å². The van der Waals surface area contributed by atoms with Crippen LogP contribution in [0.1, 0.15) is 76.3 Å². The molecule has 9 heteroatoms. The number of carboxylic acid groups (broad SMARTS) is 1. The van der Waals surface area contributed by atoms with Crippen molar-refractivity contribution in [1.82, 2.24) is 5.32 Å². The van der Waals surface area contributed by atoms with Gasteiger partial charge < -0.3 is 20.3 Å². The predicted octanol–water partition coefficient (Wildman–Crippen LogP) is 4.72. The number of aryl methyl sites for hydroxylation is 1. The number of alkyl halides is 3. The van der Waals surface area contributed by atoms with Crippen LogP contribution in [0.15, 0.2) is 18.2 Å². The normalized spacial score (nSPS) is 13.4. The van der Waals surface area contributed by atoms with Crippen LogP contribution >= 0.6 is 0 Å². The molecule has 1 aromatic rings. The summed E-state index contributed by atoms with van der Waals surface area (Å²) in [4.78, 5) is 22.5. The third-order valence-corrected chi connectivity index (χ3v) is 5.31. The van der Waals surface area contributed by atoms with Gasteiger partial charge in [-0.2, -0.15) is 13.2 Å². The SMILES string of the molecule is CCCCCCCOc1ccc(CCC(CO)(CCC(=O)O)NC(C)=O)cc1C(F)(F)F. The number of amides is 1. The lowest BCUT2D eigenvalue weighted by atomic mass is 9.87. The zero-order chi connectivity index (χ0) is 24.2. The highest BCUT2D eigenvalue weighted by atomic mass is 19.4. The van der Waals surface area contributed by atoms with E-state index in [1.807, 2.05) is 0 Å². The lowest BCUT2D eigenvalue weighted by Crippen LogP contribution is -2.51. The summed E-state index contributed by atoms with van der Waals surface area (Å²) >= 11 is 0. The monoisotopic (exact) mass is 461 g/mol. The van der Waals surface area contributed by atoms with Gasteiger partial charge in [-0.15, -0.1) is 0 Å². The first-order valence-electron chi connectivity index (χ1n) is 11.0. The number of aliphatic hydroxyl groups excluding tert-OH is 1. The summed E-state index contributed by atoms with van der Waals surface area (Å²) in [6, 6.07) is 3.83. The van der Waals surface area contributed by atoms with Crippen LogP contribution in [0.3, 0.4) is 0 Å². The van der Waals surface area contributed by atoms with Crippen LogP contribution in [0.4, 0.5) is 13.2 Å². The summed E-state index contributed by atoms with van der Waals surface area (Å²) in [6.07, 6.45) is 0.0410. The Hall–Kier alpha value is -2.29. The molecular weight excluding hydrogens is 427 g/mol. The van der Waals surface area contributed by atoms with E-state index in [-0.39, 0.29) is 38.0 Å². The molecule has 0 aliphatic carbocycles. The molecule has 1 amide bonds.